The fourth-order valence-corrected chi connectivity index (χ4v) is 1.19. The average molecular weight is 169 g/mol. The molecule has 0 saturated heterocycles. The van der Waals surface area contributed by atoms with Crippen LogP contribution < -0.4 is 9.84 Å². The summed E-state index contributed by atoms with van der Waals surface area (Å²) in [6, 6.07) is 7.94. The number of benzene rings is 1. The minimum Gasteiger partial charge on any atom is -0.480 e. The van der Waals surface area contributed by atoms with E-state index in [-0.39, 0.29) is 0 Å². The lowest BCUT2D eigenvalue weighted by Crippen LogP contribution is -2.05. The van der Waals surface area contributed by atoms with Gasteiger partial charge in [0.2, 0.25) is 0 Å². The Morgan fingerprint density at radius 1 is 1.45 bits per heavy atom. The molecule has 0 heterocycles. The van der Waals surface area contributed by atoms with Crippen LogP contribution in [0.2, 0.25) is 0 Å². The van der Waals surface area contributed by atoms with Gasteiger partial charge in [-0.15, -0.1) is 0 Å². The molecule has 1 unspecified atom stereocenters. The number of para-hydroxylation sites is 1. The quantitative estimate of drug-likeness (QED) is 0.693. The van der Waals surface area contributed by atoms with Gasteiger partial charge >= 0.3 is 0 Å². The Bertz CT molecular complexity index is 227. The van der Waals surface area contributed by atoms with Crippen LogP contribution in [-0.2, 0) is 6.54 Å². The van der Waals surface area contributed by atoms with Crippen molar-refractivity contribution >= 4 is 9.47 Å². The van der Waals surface area contributed by atoms with Crippen molar-refractivity contribution in [1.29, 1.82) is 0 Å². The van der Waals surface area contributed by atoms with Gasteiger partial charge in [0.1, 0.15) is 5.75 Å². The molecule has 1 N–H and O–H groups in total. The second-order valence-corrected chi connectivity index (χ2v) is 2.49. The smallest absolute Gasteiger partial charge is 0.126 e. The van der Waals surface area contributed by atoms with Crippen LogP contribution in [0.25, 0.3) is 0 Å². The summed E-state index contributed by atoms with van der Waals surface area (Å²) in [6.07, 6.45) is 0. The van der Waals surface area contributed by atoms with Crippen LogP contribution in [0.1, 0.15) is 5.56 Å². The van der Waals surface area contributed by atoms with Crippen molar-refractivity contribution in [2.75, 3.05) is 7.05 Å². The summed E-state index contributed by atoms with van der Waals surface area (Å²) in [6.45, 7) is 0.838. The maximum atomic E-state index is 5.07. The predicted octanol–water partition coefficient (Wildman–Crippen LogP) is 1.57. The van der Waals surface area contributed by atoms with Crippen LogP contribution in [0.15, 0.2) is 24.3 Å². The third-order valence-electron chi connectivity index (χ3n) is 1.47. The fraction of sp³-hybridized carbons (Fsp3) is 0.250. The van der Waals surface area contributed by atoms with E-state index in [1.54, 1.807) is 0 Å². The third-order valence-corrected chi connectivity index (χ3v) is 1.72. The van der Waals surface area contributed by atoms with Crippen molar-refractivity contribution in [2.45, 2.75) is 6.54 Å². The number of nitrogens with one attached hydrogen (secondary N) is 1. The van der Waals surface area contributed by atoms with Crippen LogP contribution in [0.5, 0.6) is 5.75 Å². The second-order valence-electron chi connectivity index (χ2n) is 2.26. The van der Waals surface area contributed by atoms with Crippen molar-refractivity contribution in [1.82, 2.24) is 5.32 Å². The summed E-state index contributed by atoms with van der Waals surface area (Å²) in [5, 5.41) is 3.07. The molecule has 11 heavy (non-hydrogen) atoms. The van der Waals surface area contributed by atoms with E-state index in [1.807, 2.05) is 31.3 Å². The highest BCUT2D eigenvalue weighted by molar-refractivity contribution is 7.10. The highest BCUT2D eigenvalue weighted by Gasteiger charge is 1.97. The molecular formula is C8H12NOP. The Labute approximate surface area is 69.2 Å². The minimum absolute atomic E-state index is 0.838. The minimum atomic E-state index is 0.838. The molecule has 0 amide bonds. The van der Waals surface area contributed by atoms with Gasteiger partial charge in [0.25, 0.3) is 0 Å². The molecule has 1 aromatic carbocycles. The van der Waals surface area contributed by atoms with Gasteiger partial charge in [-0.2, -0.15) is 0 Å². The maximum Gasteiger partial charge on any atom is 0.126 e. The first-order valence-electron chi connectivity index (χ1n) is 3.47. The van der Waals surface area contributed by atoms with Crippen molar-refractivity contribution in [3.63, 3.8) is 0 Å². The summed E-state index contributed by atoms with van der Waals surface area (Å²) < 4.78 is 5.07. The van der Waals surface area contributed by atoms with Gasteiger partial charge in [0, 0.05) is 12.1 Å². The van der Waals surface area contributed by atoms with Crippen LogP contribution in [0, 0.1) is 0 Å². The first kappa shape index (κ1) is 8.51. The van der Waals surface area contributed by atoms with Gasteiger partial charge in [-0.3, -0.25) is 0 Å². The first-order valence-corrected chi connectivity index (χ1v) is 3.95. The first-order chi connectivity index (χ1) is 5.38. The molecule has 0 fully saturated rings. The van der Waals surface area contributed by atoms with Crippen molar-refractivity contribution in [3.8, 4) is 5.75 Å². The molecule has 1 rings (SSSR count). The molecule has 2 nitrogen and oxygen atoms in total. The Morgan fingerprint density at radius 2 is 2.18 bits per heavy atom. The van der Waals surface area contributed by atoms with Crippen molar-refractivity contribution in [3.05, 3.63) is 29.8 Å². The lowest BCUT2D eigenvalue weighted by Gasteiger charge is -2.05. The third kappa shape index (κ3) is 2.18. The van der Waals surface area contributed by atoms with E-state index in [2.05, 4.69) is 14.8 Å². The number of hydrogen-bond donors (Lipinski definition) is 1. The Kier molecular flexibility index (Phi) is 3.34. The van der Waals surface area contributed by atoms with Gasteiger partial charge in [-0.05, 0) is 13.1 Å². The van der Waals surface area contributed by atoms with Crippen LogP contribution >= 0.6 is 9.47 Å². The molecule has 0 spiro atoms. The monoisotopic (exact) mass is 169 g/mol. The van der Waals surface area contributed by atoms with E-state index in [9.17, 15) is 0 Å². The molecule has 0 aliphatic carbocycles. The molecule has 1 atom stereocenters. The largest absolute Gasteiger partial charge is 0.480 e. The second kappa shape index (κ2) is 4.32. The average Bonchev–Trinajstić information content (AvgIpc) is 2.06. The topological polar surface area (TPSA) is 21.3 Å². The molecule has 0 saturated carbocycles. The molecule has 3 heteroatoms. The van der Waals surface area contributed by atoms with Gasteiger partial charge < -0.3 is 9.84 Å². The normalized spacial score (nSPS) is 9.64. The summed E-state index contributed by atoms with van der Waals surface area (Å²) >= 11 is 0. The van der Waals surface area contributed by atoms with Crippen molar-refractivity contribution in [2.24, 2.45) is 0 Å². The zero-order chi connectivity index (χ0) is 8.10. The van der Waals surface area contributed by atoms with Gasteiger partial charge in [-0.1, -0.05) is 18.2 Å². The molecule has 0 aliphatic heterocycles. The molecule has 60 valence electrons. The standard InChI is InChI=1S/C8H12NOP/c1-9-6-7-4-2-3-5-8(7)10-11/h2-5,9H,6,11H2,1H3. The van der Waals surface area contributed by atoms with Crippen molar-refractivity contribution < 1.29 is 4.52 Å². The summed E-state index contributed by atoms with van der Waals surface area (Å²) in [5.74, 6) is 0.909. The van der Waals surface area contributed by atoms with E-state index in [4.69, 9.17) is 4.52 Å². The zero-order valence-electron chi connectivity index (χ0n) is 6.50. The summed E-state index contributed by atoms with van der Waals surface area (Å²) in [7, 11) is 4.17. The molecule has 0 bridgehead atoms. The van der Waals surface area contributed by atoms with Gasteiger partial charge in [0.05, 0.1) is 9.47 Å². The number of hydrogen-bond acceptors (Lipinski definition) is 2. The Balaban J connectivity index is 2.83. The van der Waals surface area contributed by atoms with E-state index >= 15 is 0 Å². The zero-order valence-corrected chi connectivity index (χ0v) is 7.66. The van der Waals surface area contributed by atoms with E-state index in [0.717, 1.165) is 12.3 Å². The SMILES string of the molecule is CNCc1ccccc1OP. The highest BCUT2D eigenvalue weighted by Crippen LogP contribution is 2.18. The lowest BCUT2D eigenvalue weighted by atomic mass is 10.2. The molecule has 0 aliphatic rings. The fourth-order valence-electron chi connectivity index (χ4n) is 0.955. The van der Waals surface area contributed by atoms with Gasteiger partial charge in [-0.25, -0.2) is 0 Å². The molecule has 0 radical (unpaired) electrons. The maximum absolute atomic E-state index is 5.07. The summed E-state index contributed by atoms with van der Waals surface area (Å²) in [4.78, 5) is 0. The Hall–Kier alpha value is -0.590. The van der Waals surface area contributed by atoms with Crippen LogP contribution in [0.4, 0.5) is 0 Å². The molecular weight excluding hydrogens is 157 g/mol. The summed E-state index contributed by atoms with van der Waals surface area (Å²) in [5.41, 5.74) is 1.17. The number of rotatable bonds is 3. The van der Waals surface area contributed by atoms with Crippen LogP contribution in [-0.4, -0.2) is 7.05 Å². The van der Waals surface area contributed by atoms with E-state index in [1.165, 1.54) is 5.56 Å². The van der Waals surface area contributed by atoms with Gasteiger partial charge in [0.15, 0.2) is 0 Å². The molecule has 1 aromatic rings. The van der Waals surface area contributed by atoms with Crippen LogP contribution in [0.3, 0.4) is 0 Å². The predicted molar refractivity (Wildman–Crippen MR) is 49.5 cm³/mol. The van der Waals surface area contributed by atoms with E-state index in [0.29, 0.717) is 0 Å². The van der Waals surface area contributed by atoms with E-state index < -0.39 is 0 Å². The molecule has 0 aromatic heterocycles. The highest BCUT2D eigenvalue weighted by atomic mass is 31.0. The lowest BCUT2D eigenvalue weighted by molar-refractivity contribution is 0.626. The Morgan fingerprint density at radius 3 is 2.82 bits per heavy atom.